The summed E-state index contributed by atoms with van der Waals surface area (Å²) in [5.41, 5.74) is 5.73. The lowest BCUT2D eigenvalue weighted by Crippen LogP contribution is -2.11. The van der Waals surface area contributed by atoms with Crippen LogP contribution < -0.4 is 5.32 Å². The molecule has 0 spiro atoms. The van der Waals surface area contributed by atoms with E-state index in [1.54, 1.807) is 0 Å². The molecule has 1 amide bonds. The fraction of sp³-hybridized carbons (Fsp3) is 0.316. The molecule has 0 radical (unpaired) electrons. The summed E-state index contributed by atoms with van der Waals surface area (Å²) >= 11 is 2.87. The van der Waals surface area contributed by atoms with Crippen LogP contribution in [-0.2, 0) is 12.8 Å². The first-order chi connectivity index (χ1) is 12.1. The number of fused-ring (bicyclic) bond motifs is 1. The number of thiazole rings is 2. The van der Waals surface area contributed by atoms with Crippen LogP contribution in [0.3, 0.4) is 0 Å². The van der Waals surface area contributed by atoms with Gasteiger partial charge in [0.2, 0.25) is 0 Å². The van der Waals surface area contributed by atoms with E-state index in [2.05, 4.69) is 33.5 Å². The van der Waals surface area contributed by atoms with Crippen LogP contribution in [0.5, 0.6) is 0 Å². The Morgan fingerprint density at radius 2 is 1.92 bits per heavy atom. The van der Waals surface area contributed by atoms with Gasteiger partial charge in [0.05, 0.1) is 16.4 Å². The van der Waals surface area contributed by atoms with E-state index in [0.29, 0.717) is 10.0 Å². The van der Waals surface area contributed by atoms with Crippen LogP contribution in [0.1, 0.15) is 44.3 Å². The molecule has 3 aromatic rings. The number of rotatable bonds is 3. The molecule has 0 bridgehead atoms. The molecular weight excluding hydrogens is 350 g/mol. The summed E-state index contributed by atoms with van der Waals surface area (Å²) in [4.78, 5) is 22.0. The maximum absolute atomic E-state index is 12.4. The Hall–Kier alpha value is -2.05. The molecule has 4 rings (SSSR count). The molecule has 128 valence electrons. The lowest BCUT2D eigenvalue weighted by atomic mass is 9.90. The van der Waals surface area contributed by atoms with E-state index in [9.17, 15) is 4.79 Å². The van der Waals surface area contributed by atoms with Gasteiger partial charge in [0.25, 0.3) is 5.91 Å². The number of hydrogen-bond donors (Lipinski definition) is 1. The average molecular weight is 370 g/mol. The predicted molar refractivity (Wildman–Crippen MR) is 104 cm³/mol. The van der Waals surface area contributed by atoms with Crippen molar-refractivity contribution in [2.75, 3.05) is 5.32 Å². The Morgan fingerprint density at radius 3 is 2.68 bits per heavy atom. The summed E-state index contributed by atoms with van der Waals surface area (Å²) in [6, 6.07) is 6.62. The molecule has 0 saturated heterocycles. The number of anilines is 1. The van der Waals surface area contributed by atoms with Crippen molar-refractivity contribution in [3.8, 4) is 11.3 Å². The maximum Gasteiger partial charge on any atom is 0.269 e. The molecule has 1 aromatic carbocycles. The number of hydrogen-bond acceptors (Lipinski definition) is 5. The number of nitrogens with zero attached hydrogens (tertiary/aromatic N) is 2. The molecule has 0 atom stereocenters. The van der Waals surface area contributed by atoms with Crippen LogP contribution >= 0.6 is 22.7 Å². The van der Waals surface area contributed by atoms with E-state index in [1.807, 2.05) is 19.2 Å². The highest BCUT2D eigenvalue weighted by molar-refractivity contribution is 7.15. The molecule has 0 fully saturated rings. The molecule has 0 saturated carbocycles. The van der Waals surface area contributed by atoms with E-state index in [-0.39, 0.29) is 5.91 Å². The summed E-state index contributed by atoms with van der Waals surface area (Å²) < 4.78 is 0. The number of aryl methyl sites for hydroxylation is 4. The molecule has 0 aliphatic heterocycles. The summed E-state index contributed by atoms with van der Waals surface area (Å²) in [7, 11) is 0. The molecule has 2 aromatic heterocycles. The minimum Gasteiger partial charge on any atom is -0.297 e. The zero-order chi connectivity index (χ0) is 17.4. The molecule has 0 unspecified atom stereocenters. The van der Waals surface area contributed by atoms with Gasteiger partial charge in [-0.3, -0.25) is 10.1 Å². The highest BCUT2D eigenvalue weighted by Crippen LogP contribution is 2.30. The summed E-state index contributed by atoms with van der Waals surface area (Å²) in [5, 5.41) is 6.44. The van der Waals surface area contributed by atoms with E-state index in [0.717, 1.165) is 28.4 Å². The Morgan fingerprint density at radius 1 is 1.12 bits per heavy atom. The van der Waals surface area contributed by atoms with E-state index in [1.165, 1.54) is 53.1 Å². The quantitative estimate of drug-likeness (QED) is 0.706. The van der Waals surface area contributed by atoms with Gasteiger partial charge < -0.3 is 0 Å². The summed E-state index contributed by atoms with van der Waals surface area (Å²) in [5.74, 6) is -0.130. The number of carbonyl (C=O) groups is 1. The van der Waals surface area contributed by atoms with Crippen molar-refractivity contribution in [1.29, 1.82) is 0 Å². The Balaban J connectivity index is 1.54. The van der Waals surface area contributed by atoms with E-state index >= 15 is 0 Å². The zero-order valence-electron chi connectivity index (χ0n) is 14.3. The second kappa shape index (κ2) is 6.69. The molecule has 1 N–H and O–H groups in total. The van der Waals surface area contributed by atoms with Crippen LogP contribution in [-0.4, -0.2) is 15.9 Å². The van der Waals surface area contributed by atoms with E-state index < -0.39 is 0 Å². The van der Waals surface area contributed by atoms with Gasteiger partial charge in [-0.25, -0.2) is 9.97 Å². The minimum atomic E-state index is -0.130. The fourth-order valence-electron chi connectivity index (χ4n) is 3.25. The van der Waals surface area contributed by atoms with Crippen molar-refractivity contribution in [3.05, 3.63) is 50.3 Å². The first kappa shape index (κ1) is 16.4. The molecule has 25 heavy (non-hydrogen) atoms. The number of carbonyl (C=O) groups excluding carboxylic acids is 1. The van der Waals surface area contributed by atoms with Gasteiger partial charge in [-0.2, -0.15) is 0 Å². The number of aromatic nitrogens is 2. The summed E-state index contributed by atoms with van der Waals surface area (Å²) in [6.07, 6.45) is 4.89. The largest absolute Gasteiger partial charge is 0.297 e. The zero-order valence-corrected chi connectivity index (χ0v) is 15.9. The molecule has 1 aliphatic carbocycles. The Labute approximate surface area is 155 Å². The third kappa shape index (κ3) is 3.37. The van der Waals surface area contributed by atoms with Crippen LogP contribution in [0, 0.1) is 13.8 Å². The van der Waals surface area contributed by atoms with Gasteiger partial charge in [0, 0.05) is 10.9 Å². The second-order valence-electron chi connectivity index (χ2n) is 6.33. The molecule has 6 heteroatoms. The minimum absolute atomic E-state index is 0.130. The standard InChI is InChI=1S/C19H19N3OS2/c1-11-17(25-12(2)20-11)18(23)22-19-21-16(10-24-19)15-8-7-13-5-3-4-6-14(13)9-15/h7-10H,3-6H2,1-2H3,(H,21,22,23). The number of amides is 1. The van der Waals surface area contributed by atoms with Gasteiger partial charge in [-0.05, 0) is 56.7 Å². The molecule has 1 aliphatic rings. The third-order valence-corrected chi connectivity index (χ3v) is 6.31. The first-order valence-electron chi connectivity index (χ1n) is 8.43. The Kier molecular flexibility index (Phi) is 4.39. The molecule has 4 nitrogen and oxygen atoms in total. The molecular formula is C19H19N3OS2. The van der Waals surface area contributed by atoms with Gasteiger partial charge in [-0.1, -0.05) is 12.1 Å². The topological polar surface area (TPSA) is 54.9 Å². The van der Waals surface area contributed by atoms with E-state index in [4.69, 9.17) is 0 Å². The maximum atomic E-state index is 12.4. The lowest BCUT2D eigenvalue weighted by Gasteiger charge is -2.16. The number of nitrogens with one attached hydrogen (secondary N) is 1. The monoisotopic (exact) mass is 369 g/mol. The molecule has 2 heterocycles. The predicted octanol–water partition coefficient (Wildman–Crippen LogP) is 5.01. The van der Waals surface area contributed by atoms with Gasteiger partial charge in [-0.15, -0.1) is 22.7 Å². The highest BCUT2D eigenvalue weighted by atomic mass is 32.1. The average Bonchev–Trinajstić information content (AvgIpc) is 3.20. The van der Waals surface area contributed by atoms with Crippen LogP contribution in [0.15, 0.2) is 23.6 Å². The first-order valence-corrected chi connectivity index (χ1v) is 10.1. The summed E-state index contributed by atoms with van der Waals surface area (Å²) in [6.45, 7) is 3.77. The number of benzene rings is 1. The Bertz CT molecular complexity index is 942. The van der Waals surface area contributed by atoms with Gasteiger partial charge in [0.1, 0.15) is 4.88 Å². The normalized spacial score (nSPS) is 13.5. The van der Waals surface area contributed by atoms with Crippen molar-refractivity contribution in [1.82, 2.24) is 9.97 Å². The van der Waals surface area contributed by atoms with Crippen molar-refractivity contribution in [3.63, 3.8) is 0 Å². The van der Waals surface area contributed by atoms with Gasteiger partial charge >= 0.3 is 0 Å². The van der Waals surface area contributed by atoms with Crippen molar-refractivity contribution >= 4 is 33.7 Å². The lowest BCUT2D eigenvalue weighted by molar-refractivity contribution is 0.103. The third-order valence-electron chi connectivity index (χ3n) is 4.48. The smallest absolute Gasteiger partial charge is 0.269 e. The fourth-order valence-corrected chi connectivity index (χ4v) is 4.78. The van der Waals surface area contributed by atoms with Crippen molar-refractivity contribution in [2.24, 2.45) is 0 Å². The van der Waals surface area contributed by atoms with Crippen LogP contribution in [0.25, 0.3) is 11.3 Å². The second-order valence-corrected chi connectivity index (χ2v) is 8.39. The van der Waals surface area contributed by atoms with Gasteiger partial charge in [0.15, 0.2) is 5.13 Å². The SMILES string of the molecule is Cc1nc(C)c(C(=O)Nc2nc(-c3ccc4c(c3)CCCC4)cs2)s1. The van der Waals surface area contributed by atoms with Crippen molar-refractivity contribution in [2.45, 2.75) is 39.5 Å². The van der Waals surface area contributed by atoms with Crippen LogP contribution in [0.4, 0.5) is 5.13 Å². The highest BCUT2D eigenvalue weighted by Gasteiger charge is 2.16. The van der Waals surface area contributed by atoms with Crippen LogP contribution in [0.2, 0.25) is 0 Å². The van der Waals surface area contributed by atoms with Crippen molar-refractivity contribution < 1.29 is 4.79 Å².